The first-order chi connectivity index (χ1) is 16.1. The minimum Gasteiger partial charge on any atom is -0.497 e. The average Bonchev–Trinajstić information content (AvgIpc) is 3.31. The van der Waals surface area contributed by atoms with Gasteiger partial charge in [0.2, 0.25) is 5.89 Å². The first-order valence-electron chi connectivity index (χ1n) is 9.89. The highest BCUT2D eigenvalue weighted by Crippen LogP contribution is 2.30. The molecule has 0 spiro atoms. The molecule has 0 radical (unpaired) electrons. The number of nitrogens with one attached hydrogen (secondary N) is 1. The number of amides is 1. The molecule has 0 aliphatic rings. The molecule has 0 atom stereocenters. The summed E-state index contributed by atoms with van der Waals surface area (Å²) < 4.78 is 21.4. The lowest BCUT2D eigenvalue weighted by atomic mass is 10.0. The Balaban J connectivity index is 1.47. The van der Waals surface area contributed by atoms with Crippen molar-refractivity contribution in [2.45, 2.75) is 0 Å². The van der Waals surface area contributed by atoms with Crippen molar-refractivity contribution in [2.75, 3.05) is 19.5 Å². The molecule has 9 heteroatoms. The summed E-state index contributed by atoms with van der Waals surface area (Å²) in [6.07, 6.45) is 0. The van der Waals surface area contributed by atoms with E-state index in [2.05, 4.69) is 15.5 Å². The molecule has 1 amide bonds. The van der Waals surface area contributed by atoms with Gasteiger partial charge in [-0.1, -0.05) is 35.4 Å². The van der Waals surface area contributed by atoms with E-state index in [-0.39, 0.29) is 17.5 Å². The molecule has 0 unspecified atom stereocenters. The van der Waals surface area contributed by atoms with Gasteiger partial charge >= 0.3 is 11.6 Å². The molecule has 0 bridgehead atoms. The van der Waals surface area contributed by atoms with Crippen LogP contribution in [0, 0.1) is 0 Å². The minimum absolute atomic E-state index is 0.138. The number of fused-ring (bicyclic) bond motifs is 3. The predicted molar refractivity (Wildman–Crippen MR) is 121 cm³/mol. The van der Waals surface area contributed by atoms with Gasteiger partial charge < -0.3 is 18.3 Å². The number of carbonyl (C=O) groups is 1. The van der Waals surface area contributed by atoms with Crippen molar-refractivity contribution >= 4 is 33.7 Å². The van der Waals surface area contributed by atoms with Crippen molar-refractivity contribution in [3.05, 3.63) is 76.6 Å². The molecule has 5 rings (SSSR count). The molecule has 0 saturated heterocycles. The van der Waals surface area contributed by atoms with Crippen LogP contribution in [0.1, 0.15) is 10.4 Å². The molecule has 0 saturated carbocycles. The van der Waals surface area contributed by atoms with Gasteiger partial charge in [0.25, 0.3) is 5.91 Å². The van der Waals surface area contributed by atoms with E-state index in [9.17, 15) is 9.59 Å². The van der Waals surface area contributed by atoms with Gasteiger partial charge in [0.05, 0.1) is 14.2 Å². The maximum atomic E-state index is 12.8. The molecule has 1 N–H and O–H groups in total. The van der Waals surface area contributed by atoms with E-state index in [1.165, 1.54) is 20.3 Å². The van der Waals surface area contributed by atoms with Gasteiger partial charge in [0.15, 0.2) is 0 Å². The molecule has 9 nitrogen and oxygen atoms in total. The lowest BCUT2D eigenvalue weighted by Gasteiger charge is -2.06. The van der Waals surface area contributed by atoms with Crippen LogP contribution in [0.3, 0.4) is 0 Å². The second-order valence-corrected chi connectivity index (χ2v) is 7.11. The van der Waals surface area contributed by atoms with Crippen LogP contribution in [0.4, 0.5) is 6.01 Å². The summed E-state index contributed by atoms with van der Waals surface area (Å²) in [5.41, 5.74) is -0.0209. The van der Waals surface area contributed by atoms with Gasteiger partial charge in [-0.15, -0.1) is 5.10 Å². The highest BCUT2D eigenvalue weighted by atomic mass is 16.5. The first-order valence-corrected chi connectivity index (χ1v) is 9.89. The third kappa shape index (κ3) is 3.76. The Labute approximate surface area is 186 Å². The third-order valence-corrected chi connectivity index (χ3v) is 5.13. The minimum atomic E-state index is -0.771. The van der Waals surface area contributed by atoms with Crippen molar-refractivity contribution < 1.29 is 23.1 Å². The fourth-order valence-corrected chi connectivity index (χ4v) is 3.52. The average molecular weight is 443 g/mol. The zero-order valence-electron chi connectivity index (χ0n) is 17.6. The summed E-state index contributed by atoms with van der Waals surface area (Å²) in [5.74, 6) is 0.485. The molecule has 3 aromatic carbocycles. The van der Waals surface area contributed by atoms with Crippen LogP contribution in [-0.2, 0) is 0 Å². The van der Waals surface area contributed by atoms with Crippen LogP contribution in [0.15, 0.2) is 74.3 Å². The summed E-state index contributed by atoms with van der Waals surface area (Å²) in [5, 5.41) is 12.7. The largest absolute Gasteiger partial charge is 0.497 e. The predicted octanol–water partition coefficient (Wildman–Crippen LogP) is 4.27. The smallest absolute Gasteiger partial charge is 0.349 e. The van der Waals surface area contributed by atoms with Crippen molar-refractivity contribution in [1.82, 2.24) is 10.2 Å². The Morgan fingerprint density at radius 3 is 2.39 bits per heavy atom. The summed E-state index contributed by atoms with van der Waals surface area (Å²) in [6, 6.07) is 17.6. The highest BCUT2D eigenvalue weighted by Gasteiger charge is 2.19. The van der Waals surface area contributed by atoms with Crippen molar-refractivity contribution in [3.63, 3.8) is 0 Å². The second-order valence-electron chi connectivity index (χ2n) is 7.11. The van der Waals surface area contributed by atoms with Gasteiger partial charge in [-0.2, -0.15) is 0 Å². The van der Waals surface area contributed by atoms with Gasteiger partial charge in [0, 0.05) is 17.0 Å². The normalized spacial score (nSPS) is 11.0. The fraction of sp³-hybridized carbons (Fsp3) is 0.0833. The summed E-state index contributed by atoms with van der Waals surface area (Å²) in [4.78, 5) is 25.3. The topological polar surface area (TPSA) is 117 Å². The summed E-state index contributed by atoms with van der Waals surface area (Å²) in [6.45, 7) is 0. The van der Waals surface area contributed by atoms with Crippen LogP contribution in [0.2, 0.25) is 0 Å². The lowest BCUT2D eigenvalue weighted by Crippen LogP contribution is -2.20. The van der Waals surface area contributed by atoms with E-state index in [1.807, 2.05) is 30.3 Å². The maximum absolute atomic E-state index is 12.8. The van der Waals surface area contributed by atoms with E-state index < -0.39 is 11.5 Å². The Morgan fingerprint density at radius 2 is 1.64 bits per heavy atom. The molecule has 164 valence electrons. The molecule has 0 aliphatic carbocycles. The number of hydrogen-bond donors (Lipinski definition) is 1. The van der Waals surface area contributed by atoms with Crippen LogP contribution >= 0.6 is 0 Å². The Bertz CT molecular complexity index is 1550. The SMILES string of the molecule is COc1cc(OC)cc(-c2nnc(NC(=O)c3cc4c(ccc5ccccc54)oc3=O)o2)c1. The second kappa shape index (κ2) is 8.12. The number of rotatable bonds is 5. The maximum Gasteiger partial charge on any atom is 0.349 e. The van der Waals surface area contributed by atoms with E-state index >= 15 is 0 Å². The highest BCUT2D eigenvalue weighted by molar-refractivity contribution is 6.10. The first kappa shape index (κ1) is 20.3. The Hall–Kier alpha value is -4.66. The van der Waals surface area contributed by atoms with E-state index in [0.29, 0.717) is 28.0 Å². The Kier molecular flexibility index (Phi) is 4.98. The summed E-state index contributed by atoms with van der Waals surface area (Å²) in [7, 11) is 3.05. The number of benzene rings is 3. The van der Waals surface area contributed by atoms with Gasteiger partial charge in [-0.25, -0.2) is 4.79 Å². The Morgan fingerprint density at radius 1 is 0.879 bits per heavy atom. The van der Waals surface area contributed by atoms with Crippen LogP contribution < -0.4 is 20.4 Å². The molecule has 2 aromatic heterocycles. The lowest BCUT2D eigenvalue weighted by molar-refractivity contribution is 0.102. The number of nitrogens with zero attached hydrogens (tertiary/aromatic N) is 2. The van der Waals surface area contributed by atoms with E-state index in [4.69, 9.17) is 18.3 Å². The number of aromatic nitrogens is 2. The molecule has 33 heavy (non-hydrogen) atoms. The zero-order chi connectivity index (χ0) is 22.9. The fourth-order valence-electron chi connectivity index (χ4n) is 3.52. The number of carbonyl (C=O) groups excluding carboxylic acids is 1. The van der Waals surface area contributed by atoms with E-state index in [0.717, 1.165) is 10.8 Å². The van der Waals surface area contributed by atoms with Crippen LogP contribution in [0.5, 0.6) is 11.5 Å². The number of ether oxygens (including phenoxy) is 2. The van der Waals surface area contributed by atoms with Crippen molar-refractivity contribution in [3.8, 4) is 23.0 Å². The van der Waals surface area contributed by atoms with Crippen molar-refractivity contribution in [1.29, 1.82) is 0 Å². The quantitative estimate of drug-likeness (QED) is 0.316. The zero-order valence-corrected chi connectivity index (χ0v) is 17.6. The summed E-state index contributed by atoms with van der Waals surface area (Å²) >= 11 is 0. The van der Waals surface area contributed by atoms with Crippen molar-refractivity contribution in [2.24, 2.45) is 0 Å². The molecule has 0 aliphatic heterocycles. The molecule has 2 heterocycles. The van der Waals surface area contributed by atoms with E-state index in [1.54, 1.807) is 24.3 Å². The van der Waals surface area contributed by atoms with Gasteiger partial charge in [-0.3, -0.25) is 10.1 Å². The number of hydrogen-bond acceptors (Lipinski definition) is 8. The standard InChI is InChI=1S/C24H17N3O6/c1-30-15-9-14(10-16(11-15)31-2)22-26-27-24(33-22)25-21(28)19-12-18-17-6-4-3-5-13(17)7-8-20(18)32-23(19)29/h3-12H,1-2H3,(H,25,27,28). The third-order valence-electron chi connectivity index (χ3n) is 5.13. The molecular formula is C24H17N3O6. The molecule has 5 aromatic rings. The number of anilines is 1. The van der Waals surface area contributed by atoms with Crippen LogP contribution in [-0.4, -0.2) is 30.3 Å². The number of methoxy groups -OCH3 is 2. The van der Waals surface area contributed by atoms with Gasteiger partial charge in [-0.05, 0) is 35.0 Å². The molecular weight excluding hydrogens is 426 g/mol. The van der Waals surface area contributed by atoms with Crippen LogP contribution in [0.25, 0.3) is 33.2 Å². The molecule has 0 fully saturated rings. The monoisotopic (exact) mass is 443 g/mol. The van der Waals surface area contributed by atoms with Gasteiger partial charge in [0.1, 0.15) is 22.6 Å².